The van der Waals surface area contributed by atoms with Gasteiger partial charge in [-0.2, -0.15) is 5.10 Å². The van der Waals surface area contributed by atoms with Gasteiger partial charge in [0.2, 0.25) is 0 Å². The lowest BCUT2D eigenvalue weighted by molar-refractivity contribution is 0.178. The molecule has 1 N–H and O–H groups in total. The van der Waals surface area contributed by atoms with Gasteiger partial charge in [0.1, 0.15) is 11.5 Å². The molecule has 2 amide bonds. The Morgan fingerprint density at radius 1 is 1.40 bits per heavy atom. The fourth-order valence-corrected chi connectivity index (χ4v) is 3.21. The van der Waals surface area contributed by atoms with Crippen LogP contribution in [0.4, 0.5) is 10.5 Å². The average molecular weight is 346 g/mol. The van der Waals surface area contributed by atoms with Crippen molar-refractivity contribution in [2.45, 2.75) is 45.2 Å². The molecular weight excluding hydrogens is 320 g/mol. The zero-order chi connectivity index (χ0) is 17.6. The number of hydrogen-bond acceptors (Lipinski definition) is 4. The van der Waals surface area contributed by atoms with E-state index in [1.54, 1.807) is 18.0 Å². The summed E-state index contributed by atoms with van der Waals surface area (Å²) in [7, 11) is 1.65. The Bertz CT molecular complexity index is 694. The Labute approximate surface area is 147 Å². The van der Waals surface area contributed by atoms with Gasteiger partial charge in [-0.15, -0.1) is 0 Å². The molecule has 2 aromatic rings. The predicted molar refractivity (Wildman–Crippen MR) is 94.5 cm³/mol. The van der Waals surface area contributed by atoms with Crippen LogP contribution in [0.5, 0.6) is 0 Å². The zero-order valence-corrected chi connectivity index (χ0v) is 14.9. The van der Waals surface area contributed by atoms with Crippen LogP contribution < -0.4 is 5.32 Å². The number of aromatic nitrogens is 2. The van der Waals surface area contributed by atoms with E-state index in [-0.39, 0.29) is 12.1 Å². The number of carbonyl (C=O) groups excluding carboxylic acids is 1. The van der Waals surface area contributed by atoms with Gasteiger partial charge in [0.15, 0.2) is 0 Å². The number of nitrogens with one attached hydrogen (secondary N) is 1. The SMILES string of the molecule is COCCn1cc(NC(=O)N2CCCCC[C@H]2c2ccc(C)o2)cn1. The van der Waals surface area contributed by atoms with Crippen LogP contribution in [0.1, 0.15) is 43.2 Å². The fraction of sp³-hybridized carbons (Fsp3) is 0.556. The molecule has 25 heavy (non-hydrogen) atoms. The van der Waals surface area contributed by atoms with Crippen molar-refractivity contribution in [1.82, 2.24) is 14.7 Å². The maximum absolute atomic E-state index is 12.8. The first kappa shape index (κ1) is 17.5. The third-order valence-electron chi connectivity index (χ3n) is 4.51. The van der Waals surface area contributed by atoms with Crippen LogP contribution in [0.25, 0.3) is 0 Å². The third kappa shape index (κ3) is 4.42. The summed E-state index contributed by atoms with van der Waals surface area (Å²) in [5.41, 5.74) is 0.694. The number of urea groups is 1. The minimum Gasteiger partial charge on any atom is -0.464 e. The summed E-state index contributed by atoms with van der Waals surface area (Å²) >= 11 is 0. The first-order valence-corrected chi connectivity index (χ1v) is 8.82. The van der Waals surface area contributed by atoms with Gasteiger partial charge in [-0.25, -0.2) is 4.79 Å². The van der Waals surface area contributed by atoms with Crippen LogP contribution in [-0.2, 0) is 11.3 Å². The monoisotopic (exact) mass is 346 g/mol. The van der Waals surface area contributed by atoms with Gasteiger partial charge in [-0.05, 0) is 31.9 Å². The molecule has 1 fully saturated rings. The van der Waals surface area contributed by atoms with E-state index in [0.717, 1.165) is 43.7 Å². The minimum absolute atomic E-state index is 0.0141. The number of methoxy groups -OCH3 is 1. The molecule has 2 aromatic heterocycles. The molecule has 7 nitrogen and oxygen atoms in total. The minimum atomic E-state index is -0.104. The summed E-state index contributed by atoms with van der Waals surface area (Å²) in [4.78, 5) is 14.7. The zero-order valence-electron chi connectivity index (χ0n) is 14.9. The molecule has 1 aliphatic rings. The van der Waals surface area contributed by atoms with Crippen molar-refractivity contribution in [3.8, 4) is 0 Å². The number of amides is 2. The molecule has 0 aliphatic carbocycles. The van der Waals surface area contributed by atoms with E-state index in [2.05, 4.69) is 10.4 Å². The molecule has 0 radical (unpaired) electrons. The highest BCUT2D eigenvalue weighted by Gasteiger charge is 2.29. The summed E-state index contributed by atoms with van der Waals surface area (Å²) in [6, 6.07) is 3.82. The van der Waals surface area contributed by atoms with E-state index < -0.39 is 0 Å². The summed E-state index contributed by atoms with van der Waals surface area (Å²) < 4.78 is 12.6. The predicted octanol–water partition coefficient (Wildman–Crippen LogP) is 3.58. The van der Waals surface area contributed by atoms with E-state index in [9.17, 15) is 4.79 Å². The molecule has 0 saturated carbocycles. The lowest BCUT2D eigenvalue weighted by atomic mass is 10.1. The summed E-state index contributed by atoms with van der Waals surface area (Å²) in [5.74, 6) is 1.74. The number of hydrogen-bond donors (Lipinski definition) is 1. The normalized spacial score (nSPS) is 18.2. The van der Waals surface area contributed by atoms with E-state index in [4.69, 9.17) is 9.15 Å². The van der Waals surface area contributed by atoms with Crippen LogP contribution in [0, 0.1) is 6.92 Å². The van der Waals surface area contributed by atoms with Crippen molar-refractivity contribution in [2.24, 2.45) is 0 Å². The van der Waals surface area contributed by atoms with Crippen molar-refractivity contribution in [2.75, 3.05) is 25.6 Å². The standard InChI is InChI=1S/C18H26N4O3/c1-14-7-8-17(25-14)16-6-4-3-5-9-22(16)18(23)20-15-12-19-21(13-15)10-11-24-2/h7-8,12-13,16H,3-6,9-11H2,1-2H3,(H,20,23)/t16-/m0/s1. The number of aryl methyl sites for hydroxylation is 1. The van der Waals surface area contributed by atoms with Crippen LogP contribution in [0.3, 0.4) is 0 Å². The Balaban J connectivity index is 1.70. The van der Waals surface area contributed by atoms with E-state index in [1.807, 2.05) is 30.2 Å². The molecule has 7 heteroatoms. The Morgan fingerprint density at radius 3 is 3.04 bits per heavy atom. The van der Waals surface area contributed by atoms with Gasteiger partial charge < -0.3 is 19.4 Å². The molecule has 136 valence electrons. The first-order chi connectivity index (χ1) is 12.2. The third-order valence-corrected chi connectivity index (χ3v) is 4.51. The Kier molecular flexibility index (Phi) is 5.75. The van der Waals surface area contributed by atoms with Crippen molar-refractivity contribution < 1.29 is 13.9 Å². The lowest BCUT2D eigenvalue weighted by Crippen LogP contribution is -2.37. The molecular formula is C18H26N4O3. The summed E-state index contributed by atoms with van der Waals surface area (Å²) in [5, 5.41) is 7.20. The van der Waals surface area contributed by atoms with Gasteiger partial charge in [0.25, 0.3) is 0 Å². The maximum atomic E-state index is 12.8. The molecule has 0 spiro atoms. The second kappa shape index (κ2) is 8.20. The number of likely N-dealkylation sites (tertiary alicyclic amines) is 1. The lowest BCUT2D eigenvalue weighted by Gasteiger charge is -2.28. The molecule has 1 saturated heterocycles. The second-order valence-electron chi connectivity index (χ2n) is 6.42. The van der Waals surface area contributed by atoms with Crippen LogP contribution in [-0.4, -0.2) is 41.0 Å². The highest BCUT2D eigenvalue weighted by molar-refractivity contribution is 5.89. The first-order valence-electron chi connectivity index (χ1n) is 8.82. The number of nitrogens with zero attached hydrogens (tertiary/aromatic N) is 3. The number of furan rings is 1. The quantitative estimate of drug-likeness (QED) is 0.898. The molecule has 1 atom stereocenters. The molecule has 3 rings (SSSR count). The number of ether oxygens (including phenoxy) is 1. The molecule has 0 unspecified atom stereocenters. The van der Waals surface area contributed by atoms with Crippen molar-refractivity contribution in [3.63, 3.8) is 0 Å². The smallest absolute Gasteiger partial charge is 0.322 e. The van der Waals surface area contributed by atoms with Gasteiger partial charge in [-0.1, -0.05) is 12.8 Å². The summed E-state index contributed by atoms with van der Waals surface area (Å²) in [6.45, 7) is 3.90. The molecule has 1 aliphatic heterocycles. The van der Waals surface area contributed by atoms with E-state index >= 15 is 0 Å². The summed E-state index contributed by atoms with van der Waals surface area (Å²) in [6.07, 6.45) is 7.65. The van der Waals surface area contributed by atoms with Gasteiger partial charge >= 0.3 is 6.03 Å². The number of carbonyl (C=O) groups is 1. The van der Waals surface area contributed by atoms with E-state index in [0.29, 0.717) is 18.8 Å². The molecule has 3 heterocycles. The Morgan fingerprint density at radius 2 is 2.28 bits per heavy atom. The molecule has 0 bridgehead atoms. The highest BCUT2D eigenvalue weighted by Crippen LogP contribution is 2.31. The van der Waals surface area contributed by atoms with Crippen molar-refractivity contribution >= 4 is 11.7 Å². The Hall–Kier alpha value is -2.28. The van der Waals surface area contributed by atoms with Crippen LogP contribution >= 0.6 is 0 Å². The van der Waals surface area contributed by atoms with Gasteiger partial charge in [0.05, 0.1) is 31.1 Å². The number of rotatable bonds is 5. The topological polar surface area (TPSA) is 72.5 Å². The van der Waals surface area contributed by atoms with Crippen molar-refractivity contribution in [1.29, 1.82) is 0 Å². The van der Waals surface area contributed by atoms with E-state index in [1.165, 1.54) is 0 Å². The van der Waals surface area contributed by atoms with Crippen LogP contribution in [0.15, 0.2) is 28.9 Å². The van der Waals surface area contributed by atoms with Gasteiger partial charge in [-0.3, -0.25) is 4.68 Å². The van der Waals surface area contributed by atoms with Crippen LogP contribution in [0.2, 0.25) is 0 Å². The van der Waals surface area contributed by atoms with Gasteiger partial charge in [0, 0.05) is 19.9 Å². The highest BCUT2D eigenvalue weighted by atomic mass is 16.5. The molecule has 0 aromatic carbocycles. The van der Waals surface area contributed by atoms with Crippen molar-refractivity contribution in [3.05, 3.63) is 36.0 Å². The fourth-order valence-electron chi connectivity index (χ4n) is 3.21. The average Bonchev–Trinajstić information content (AvgIpc) is 3.14. The maximum Gasteiger partial charge on any atom is 0.322 e. The number of anilines is 1. The largest absolute Gasteiger partial charge is 0.464 e. The second-order valence-corrected chi connectivity index (χ2v) is 6.42.